The summed E-state index contributed by atoms with van der Waals surface area (Å²) < 4.78 is 5.11. The maximum Gasteiger partial charge on any atom is 0.319 e. The van der Waals surface area contributed by atoms with Crippen LogP contribution in [0.3, 0.4) is 0 Å². The maximum absolute atomic E-state index is 11.9. The molecule has 3 N–H and O–H groups in total. The molecule has 5 nitrogen and oxygen atoms in total. The average molecular weight is 335 g/mol. The second-order valence-corrected chi connectivity index (χ2v) is 5.52. The molecule has 0 aromatic heterocycles. The van der Waals surface area contributed by atoms with Gasteiger partial charge in [0, 0.05) is 6.54 Å². The number of hydrogen-bond acceptors (Lipinski definition) is 3. The number of urea groups is 1. The Balaban J connectivity index is 1.90. The van der Waals surface area contributed by atoms with E-state index < -0.39 is 12.1 Å². The molecule has 0 aliphatic carbocycles. The van der Waals surface area contributed by atoms with Gasteiger partial charge in [-0.25, -0.2) is 4.79 Å². The second-order valence-electron chi connectivity index (χ2n) is 5.11. The fourth-order valence-electron chi connectivity index (χ4n) is 2.04. The van der Waals surface area contributed by atoms with Crippen LogP contribution in [0, 0.1) is 6.92 Å². The fourth-order valence-corrected chi connectivity index (χ4v) is 2.33. The predicted octanol–water partition coefficient (Wildman–Crippen LogP) is 3.51. The zero-order valence-corrected chi connectivity index (χ0v) is 13.7. The molecule has 2 aromatic rings. The minimum atomic E-state index is -0.829. The third-order valence-electron chi connectivity index (χ3n) is 3.31. The highest BCUT2D eigenvalue weighted by molar-refractivity contribution is 6.33. The number of carbonyl (C=O) groups is 1. The van der Waals surface area contributed by atoms with Crippen LogP contribution in [0.15, 0.2) is 42.5 Å². The van der Waals surface area contributed by atoms with Crippen LogP contribution in [-0.4, -0.2) is 24.8 Å². The Morgan fingerprint density at radius 3 is 2.78 bits per heavy atom. The summed E-state index contributed by atoms with van der Waals surface area (Å²) in [6.45, 7) is 1.99. The number of aryl methyl sites for hydroxylation is 1. The molecule has 2 rings (SSSR count). The van der Waals surface area contributed by atoms with Crippen LogP contribution in [0.4, 0.5) is 10.5 Å². The summed E-state index contributed by atoms with van der Waals surface area (Å²) in [6.07, 6.45) is -0.829. The first kappa shape index (κ1) is 17.1. The highest BCUT2D eigenvalue weighted by atomic mass is 35.5. The van der Waals surface area contributed by atoms with Gasteiger partial charge in [-0.2, -0.15) is 0 Å². The number of nitrogens with one attached hydrogen (secondary N) is 2. The molecule has 0 bridgehead atoms. The quantitative estimate of drug-likeness (QED) is 0.783. The van der Waals surface area contributed by atoms with Crippen LogP contribution in [-0.2, 0) is 0 Å². The van der Waals surface area contributed by atoms with Crippen molar-refractivity contribution < 1.29 is 14.6 Å². The van der Waals surface area contributed by atoms with E-state index in [2.05, 4.69) is 10.6 Å². The number of ether oxygens (including phenoxy) is 1. The summed E-state index contributed by atoms with van der Waals surface area (Å²) >= 11 is 6.06. The molecule has 2 amide bonds. The molecule has 2 aromatic carbocycles. The number of halogens is 1. The molecule has 23 heavy (non-hydrogen) atoms. The van der Waals surface area contributed by atoms with Crippen LogP contribution in [0.5, 0.6) is 5.75 Å². The molecule has 6 heteroatoms. The zero-order chi connectivity index (χ0) is 16.8. The molecule has 0 aliphatic heterocycles. The van der Waals surface area contributed by atoms with Crippen LogP contribution in [0.25, 0.3) is 0 Å². The molecule has 1 atom stereocenters. The van der Waals surface area contributed by atoms with E-state index >= 15 is 0 Å². The summed E-state index contributed by atoms with van der Waals surface area (Å²) in [4.78, 5) is 11.9. The van der Waals surface area contributed by atoms with Gasteiger partial charge in [0.05, 0.1) is 23.9 Å². The number of benzene rings is 2. The topological polar surface area (TPSA) is 70.6 Å². The van der Waals surface area contributed by atoms with Gasteiger partial charge in [-0.05, 0) is 42.3 Å². The van der Waals surface area contributed by atoms with E-state index in [1.807, 2.05) is 13.0 Å². The van der Waals surface area contributed by atoms with Crippen LogP contribution in [0.1, 0.15) is 17.2 Å². The Kier molecular flexibility index (Phi) is 5.84. The van der Waals surface area contributed by atoms with Crippen LogP contribution < -0.4 is 15.4 Å². The standard InChI is InChI=1S/C17H19ClN2O3/c1-11-6-7-15(14(18)8-11)20-17(22)19-10-16(21)12-4-3-5-13(9-12)23-2/h3-9,16,21H,10H2,1-2H3,(H2,19,20,22). The Morgan fingerprint density at radius 2 is 2.09 bits per heavy atom. The van der Waals surface area contributed by atoms with Gasteiger partial charge in [0.25, 0.3) is 0 Å². The van der Waals surface area contributed by atoms with Crippen LogP contribution in [0.2, 0.25) is 5.02 Å². The molecule has 0 radical (unpaired) electrons. The first-order valence-corrected chi connectivity index (χ1v) is 7.50. The zero-order valence-electron chi connectivity index (χ0n) is 13.0. The van der Waals surface area contributed by atoms with Crippen molar-refractivity contribution >= 4 is 23.3 Å². The highest BCUT2D eigenvalue weighted by Gasteiger charge is 2.11. The lowest BCUT2D eigenvalue weighted by Gasteiger charge is -2.14. The molecule has 0 saturated heterocycles. The van der Waals surface area contributed by atoms with E-state index in [0.29, 0.717) is 22.0 Å². The number of aliphatic hydroxyl groups excluding tert-OH is 1. The first-order valence-electron chi connectivity index (χ1n) is 7.12. The molecule has 0 aliphatic rings. The third kappa shape index (κ3) is 4.87. The van der Waals surface area contributed by atoms with Gasteiger partial charge in [-0.15, -0.1) is 0 Å². The summed E-state index contributed by atoms with van der Waals surface area (Å²) in [6, 6.07) is 12.0. The Labute approximate surface area is 140 Å². The molecule has 1 unspecified atom stereocenters. The Morgan fingerprint density at radius 1 is 1.30 bits per heavy atom. The largest absolute Gasteiger partial charge is 0.497 e. The van der Waals surface area contributed by atoms with Gasteiger partial charge in [0.15, 0.2) is 0 Å². The van der Waals surface area contributed by atoms with E-state index in [1.165, 1.54) is 0 Å². The molecular weight excluding hydrogens is 316 g/mol. The summed E-state index contributed by atoms with van der Waals surface area (Å²) in [5.74, 6) is 0.650. The summed E-state index contributed by atoms with van der Waals surface area (Å²) in [7, 11) is 1.56. The maximum atomic E-state index is 11.9. The Hall–Kier alpha value is -2.24. The average Bonchev–Trinajstić information content (AvgIpc) is 2.55. The van der Waals surface area contributed by atoms with E-state index in [0.717, 1.165) is 5.56 Å². The second kappa shape index (κ2) is 7.85. The van der Waals surface area contributed by atoms with E-state index in [9.17, 15) is 9.90 Å². The molecular formula is C17H19ClN2O3. The lowest BCUT2D eigenvalue weighted by Crippen LogP contribution is -2.32. The van der Waals surface area contributed by atoms with Gasteiger partial charge in [0.2, 0.25) is 0 Å². The summed E-state index contributed by atoms with van der Waals surface area (Å²) in [5, 5.41) is 15.8. The van der Waals surface area contributed by atoms with Crippen molar-refractivity contribution in [1.82, 2.24) is 5.32 Å². The third-order valence-corrected chi connectivity index (χ3v) is 3.62. The normalized spacial score (nSPS) is 11.7. The molecule has 0 heterocycles. The minimum absolute atomic E-state index is 0.0719. The minimum Gasteiger partial charge on any atom is -0.497 e. The molecule has 0 fully saturated rings. The van der Waals surface area contributed by atoms with E-state index in [4.69, 9.17) is 16.3 Å². The van der Waals surface area contributed by atoms with E-state index in [1.54, 1.807) is 43.5 Å². The van der Waals surface area contributed by atoms with Crippen molar-refractivity contribution in [3.8, 4) is 5.75 Å². The highest BCUT2D eigenvalue weighted by Crippen LogP contribution is 2.22. The number of methoxy groups -OCH3 is 1. The lowest BCUT2D eigenvalue weighted by atomic mass is 10.1. The van der Waals surface area contributed by atoms with Crippen molar-refractivity contribution in [2.24, 2.45) is 0 Å². The molecule has 0 saturated carbocycles. The number of hydrogen-bond donors (Lipinski definition) is 3. The van der Waals surface area contributed by atoms with Gasteiger partial charge < -0.3 is 20.5 Å². The lowest BCUT2D eigenvalue weighted by molar-refractivity contribution is 0.175. The summed E-state index contributed by atoms with van der Waals surface area (Å²) in [5.41, 5.74) is 2.19. The van der Waals surface area contributed by atoms with Crippen molar-refractivity contribution in [1.29, 1.82) is 0 Å². The fraction of sp³-hybridized carbons (Fsp3) is 0.235. The van der Waals surface area contributed by atoms with Gasteiger partial charge >= 0.3 is 6.03 Å². The van der Waals surface area contributed by atoms with E-state index in [-0.39, 0.29) is 6.54 Å². The number of anilines is 1. The SMILES string of the molecule is COc1cccc(C(O)CNC(=O)Nc2ccc(C)cc2Cl)c1. The van der Waals surface area contributed by atoms with Gasteiger partial charge in [-0.1, -0.05) is 29.8 Å². The van der Waals surface area contributed by atoms with Crippen molar-refractivity contribution in [3.63, 3.8) is 0 Å². The number of rotatable bonds is 5. The van der Waals surface area contributed by atoms with Crippen molar-refractivity contribution in [2.45, 2.75) is 13.0 Å². The van der Waals surface area contributed by atoms with Gasteiger partial charge in [-0.3, -0.25) is 0 Å². The first-order chi connectivity index (χ1) is 11.0. The van der Waals surface area contributed by atoms with Crippen LogP contribution >= 0.6 is 11.6 Å². The Bertz CT molecular complexity index is 691. The number of carbonyl (C=O) groups excluding carboxylic acids is 1. The molecule has 122 valence electrons. The smallest absolute Gasteiger partial charge is 0.319 e. The predicted molar refractivity (Wildman–Crippen MR) is 91.2 cm³/mol. The van der Waals surface area contributed by atoms with Crippen molar-refractivity contribution in [2.75, 3.05) is 19.0 Å². The number of amides is 2. The number of aliphatic hydroxyl groups is 1. The van der Waals surface area contributed by atoms with Gasteiger partial charge in [0.1, 0.15) is 5.75 Å². The molecule has 0 spiro atoms. The monoisotopic (exact) mass is 334 g/mol. The van der Waals surface area contributed by atoms with Crippen molar-refractivity contribution in [3.05, 3.63) is 58.6 Å².